The molecule has 1 aliphatic rings. The third kappa shape index (κ3) is 3.54. The lowest BCUT2D eigenvalue weighted by atomic mass is 9.77. The molecule has 1 unspecified atom stereocenters. The molecule has 2 rings (SSSR count). The number of benzene rings is 1. The summed E-state index contributed by atoms with van der Waals surface area (Å²) in [6.45, 7) is 2.77. The van der Waals surface area contributed by atoms with Gasteiger partial charge in [0, 0.05) is 18.2 Å². The number of nitrogens with one attached hydrogen (secondary N) is 1. The quantitative estimate of drug-likeness (QED) is 0.621. The van der Waals surface area contributed by atoms with Gasteiger partial charge < -0.3 is 4.74 Å². The lowest BCUT2D eigenvalue weighted by Gasteiger charge is -2.37. The minimum absolute atomic E-state index is 0.148. The van der Waals surface area contributed by atoms with E-state index in [4.69, 9.17) is 10.6 Å². The minimum Gasteiger partial charge on any atom is -0.378 e. The molecule has 0 amide bonds. The van der Waals surface area contributed by atoms with Crippen LogP contribution in [0.5, 0.6) is 0 Å². The van der Waals surface area contributed by atoms with Crippen LogP contribution in [0, 0.1) is 11.7 Å². The number of hydrazine groups is 1. The number of hydrogen-bond acceptors (Lipinski definition) is 3. The molecule has 1 saturated carbocycles. The van der Waals surface area contributed by atoms with Crippen LogP contribution >= 0.6 is 15.9 Å². The van der Waals surface area contributed by atoms with Gasteiger partial charge in [0.2, 0.25) is 0 Å². The van der Waals surface area contributed by atoms with Gasteiger partial charge in [-0.05, 0) is 54.1 Å². The molecule has 1 fully saturated rings. The normalized spacial score (nSPS) is 24.0. The molecular formula is C14H20BrFN2O. The van der Waals surface area contributed by atoms with E-state index in [0.717, 1.165) is 25.9 Å². The summed E-state index contributed by atoms with van der Waals surface area (Å²) in [5.41, 5.74) is 3.35. The van der Waals surface area contributed by atoms with Crippen LogP contribution in [-0.4, -0.2) is 12.7 Å². The Morgan fingerprint density at radius 2 is 2.26 bits per heavy atom. The molecule has 1 aromatic rings. The van der Waals surface area contributed by atoms with Crippen molar-refractivity contribution in [2.75, 3.05) is 6.61 Å². The first-order chi connectivity index (χ1) is 9.15. The first kappa shape index (κ1) is 14.9. The highest BCUT2D eigenvalue weighted by Crippen LogP contribution is 2.37. The molecule has 3 nitrogen and oxygen atoms in total. The van der Waals surface area contributed by atoms with E-state index in [-0.39, 0.29) is 11.9 Å². The summed E-state index contributed by atoms with van der Waals surface area (Å²) in [4.78, 5) is 0. The molecule has 0 aliphatic heterocycles. The van der Waals surface area contributed by atoms with Crippen molar-refractivity contribution in [1.29, 1.82) is 0 Å². The van der Waals surface area contributed by atoms with E-state index < -0.39 is 0 Å². The molecule has 5 heteroatoms. The van der Waals surface area contributed by atoms with Crippen molar-refractivity contribution < 1.29 is 9.13 Å². The average molecular weight is 331 g/mol. The van der Waals surface area contributed by atoms with Crippen molar-refractivity contribution in [3.63, 3.8) is 0 Å². The molecule has 1 aromatic carbocycles. The maximum atomic E-state index is 14.0. The summed E-state index contributed by atoms with van der Waals surface area (Å²) in [7, 11) is 0. The van der Waals surface area contributed by atoms with E-state index in [1.807, 2.05) is 13.0 Å². The first-order valence-corrected chi connectivity index (χ1v) is 7.46. The Kier molecular flexibility index (Phi) is 5.33. The van der Waals surface area contributed by atoms with Crippen molar-refractivity contribution in [3.8, 4) is 0 Å². The molecule has 0 saturated heterocycles. The Morgan fingerprint density at radius 3 is 2.89 bits per heavy atom. The molecular weight excluding hydrogens is 311 g/mol. The van der Waals surface area contributed by atoms with Crippen LogP contribution in [0.15, 0.2) is 22.7 Å². The zero-order valence-electron chi connectivity index (χ0n) is 11.0. The van der Waals surface area contributed by atoms with Gasteiger partial charge >= 0.3 is 0 Å². The van der Waals surface area contributed by atoms with Crippen LogP contribution in [-0.2, 0) is 4.74 Å². The van der Waals surface area contributed by atoms with Crippen LogP contribution in [0.25, 0.3) is 0 Å². The van der Waals surface area contributed by atoms with Crippen molar-refractivity contribution in [2.45, 2.75) is 38.3 Å². The van der Waals surface area contributed by atoms with Crippen LogP contribution in [0.1, 0.15) is 37.8 Å². The zero-order valence-corrected chi connectivity index (χ0v) is 12.6. The van der Waals surface area contributed by atoms with Crippen molar-refractivity contribution in [3.05, 3.63) is 34.1 Å². The molecule has 3 N–H and O–H groups in total. The zero-order chi connectivity index (χ0) is 13.8. The predicted octanol–water partition coefficient (Wildman–Crippen LogP) is 3.30. The third-order valence-corrected chi connectivity index (χ3v) is 4.33. The Bertz CT molecular complexity index is 424. The van der Waals surface area contributed by atoms with Crippen LogP contribution in [0.3, 0.4) is 0 Å². The van der Waals surface area contributed by atoms with E-state index in [0.29, 0.717) is 22.1 Å². The minimum atomic E-state index is -0.230. The van der Waals surface area contributed by atoms with E-state index in [1.54, 1.807) is 12.1 Å². The van der Waals surface area contributed by atoms with Gasteiger partial charge in [0.05, 0.1) is 10.6 Å². The van der Waals surface area contributed by atoms with Gasteiger partial charge in [-0.2, -0.15) is 0 Å². The van der Waals surface area contributed by atoms with Gasteiger partial charge in [0.1, 0.15) is 5.82 Å². The third-order valence-electron chi connectivity index (χ3n) is 3.72. The number of hydrogen-bond donors (Lipinski definition) is 2. The standard InChI is InChI=1S/C14H20BrFN2O/c1-2-19-10-6-9(7-10)8-13(18-17)11-4-3-5-12(15)14(11)16/h3-5,9-10,13,18H,2,6-8,17H2,1H3. The fourth-order valence-corrected chi connectivity index (χ4v) is 3.03. The number of ether oxygens (including phenoxy) is 1. The Hall–Kier alpha value is -0.490. The highest BCUT2D eigenvalue weighted by atomic mass is 79.9. The summed E-state index contributed by atoms with van der Waals surface area (Å²) in [5, 5.41) is 0. The van der Waals surface area contributed by atoms with Gasteiger partial charge in [-0.1, -0.05) is 12.1 Å². The van der Waals surface area contributed by atoms with Gasteiger partial charge in [-0.25, -0.2) is 4.39 Å². The van der Waals surface area contributed by atoms with E-state index in [9.17, 15) is 4.39 Å². The highest BCUT2D eigenvalue weighted by molar-refractivity contribution is 9.10. The van der Waals surface area contributed by atoms with Gasteiger partial charge in [-0.15, -0.1) is 0 Å². The fraction of sp³-hybridized carbons (Fsp3) is 0.571. The largest absolute Gasteiger partial charge is 0.378 e. The second kappa shape index (κ2) is 6.79. The average Bonchev–Trinajstić information content (AvgIpc) is 2.36. The van der Waals surface area contributed by atoms with Gasteiger partial charge in [0.15, 0.2) is 0 Å². The fourth-order valence-electron chi connectivity index (χ4n) is 2.65. The Balaban J connectivity index is 1.96. The summed E-state index contributed by atoms with van der Waals surface area (Å²) < 4.78 is 20.1. The molecule has 1 atom stereocenters. The molecule has 0 bridgehead atoms. The Morgan fingerprint density at radius 1 is 1.53 bits per heavy atom. The lowest BCUT2D eigenvalue weighted by Crippen LogP contribution is -2.37. The molecule has 106 valence electrons. The topological polar surface area (TPSA) is 47.3 Å². The van der Waals surface area contributed by atoms with Crippen molar-refractivity contribution >= 4 is 15.9 Å². The number of nitrogens with two attached hydrogens (primary N) is 1. The lowest BCUT2D eigenvalue weighted by molar-refractivity contribution is -0.0292. The van der Waals surface area contributed by atoms with Crippen LogP contribution in [0.2, 0.25) is 0 Å². The van der Waals surface area contributed by atoms with E-state index >= 15 is 0 Å². The molecule has 0 spiro atoms. The molecule has 0 radical (unpaired) electrons. The highest BCUT2D eigenvalue weighted by Gasteiger charge is 2.32. The smallest absolute Gasteiger partial charge is 0.142 e. The van der Waals surface area contributed by atoms with Crippen LogP contribution in [0.4, 0.5) is 4.39 Å². The molecule has 19 heavy (non-hydrogen) atoms. The summed E-state index contributed by atoms with van der Waals surface area (Å²) in [6, 6.07) is 5.16. The monoisotopic (exact) mass is 330 g/mol. The number of rotatable bonds is 6. The van der Waals surface area contributed by atoms with E-state index in [1.165, 1.54) is 0 Å². The summed E-state index contributed by atoms with van der Waals surface area (Å²) >= 11 is 3.21. The second-order valence-electron chi connectivity index (χ2n) is 5.01. The van der Waals surface area contributed by atoms with E-state index in [2.05, 4.69) is 21.4 Å². The second-order valence-corrected chi connectivity index (χ2v) is 5.87. The maximum absolute atomic E-state index is 14.0. The molecule has 1 aliphatic carbocycles. The van der Waals surface area contributed by atoms with Gasteiger partial charge in [-0.3, -0.25) is 11.3 Å². The summed E-state index contributed by atoms with van der Waals surface area (Å²) in [5.74, 6) is 5.90. The SMILES string of the molecule is CCOC1CC(CC(NN)c2cccc(Br)c2F)C1. The molecule has 0 aromatic heterocycles. The van der Waals surface area contributed by atoms with Crippen molar-refractivity contribution in [1.82, 2.24) is 5.43 Å². The van der Waals surface area contributed by atoms with Gasteiger partial charge in [0.25, 0.3) is 0 Å². The number of halogens is 2. The molecule has 0 heterocycles. The maximum Gasteiger partial charge on any atom is 0.142 e. The summed E-state index contributed by atoms with van der Waals surface area (Å²) in [6.07, 6.45) is 3.30. The van der Waals surface area contributed by atoms with Crippen LogP contribution < -0.4 is 11.3 Å². The first-order valence-electron chi connectivity index (χ1n) is 6.67. The van der Waals surface area contributed by atoms with Crippen molar-refractivity contribution in [2.24, 2.45) is 11.8 Å². The predicted molar refractivity (Wildman–Crippen MR) is 76.9 cm³/mol. The Labute approximate surface area is 121 Å².